The summed E-state index contributed by atoms with van der Waals surface area (Å²) >= 11 is 0. The summed E-state index contributed by atoms with van der Waals surface area (Å²) in [4.78, 5) is 51.7. The molecule has 2 amide bonds. The van der Waals surface area contributed by atoms with Crippen molar-refractivity contribution in [2.75, 3.05) is 0 Å². The molecular formula is C30H25NO6. The van der Waals surface area contributed by atoms with Crippen molar-refractivity contribution in [2.24, 2.45) is 17.8 Å². The summed E-state index contributed by atoms with van der Waals surface area (Å²) in [6.07, 6.45) is 3.85. The molecule has 1 saturated heterocycles. The van der Waals surface area contributed by atoms with Crippen molar-refractivity contribution >= 4 is 23.4 Å². The van der Waals surface area contributed by atoms with Crippen molar-refractivity contribution in [2.45, 2.75) is 32.3 Å². The van der Waals surface area contributed by atoms with Crippen LogP contribution in [0.25, 0.3) is 0 Å². The summed E-state index contributed by atoms with van der Waals surface area (Å²) in [5, 5.41) is 13.6. The summed E-state index contributed by atoms with van der Waals surface area (Å²) in [5.41, 5.74) is 3.31. The second-order valence-electron chi connectivity index (χ2n) is 10.1. The summed E-state index contributed by atoms with van der Waals surface area (Å²) in [5.74, 6) is -2.94. The molecule has 2 N–H and O–H groups in total. The Morgan fingerprint density at radius 2 is 1.78 bits per heavy atom. The van der Waals surface area contributed by atoms with E-state index in [1.54, 1.807) is 19.1 Å². The van der Waals surface area contributed by atoms with Crippen LogP contribution in [0.4, 0.5) is 0 Å². The fourth-order valence-corrected chi connectivity index (χ4v) is 6.25. The highest BCUT2D eigenvalue weighted by molar-refractivity contribution is 6.23. The van der Waals surface area contributed by atoms with Gasteiger partial charge in [-0.3, -0.25) is 24.5 Å². The number of rotatable bonds is 4. The van der Waals surface area contributed by atoms with Crippen molar-refractivity contribution in [3.05, 3.63) is 94.1 Å². The Labute approximate surface area is 213 Å². The third-order valence-electron chi connectivity index (χ3n) is 7.97. The number of Topliss-reactive ketones (excluding diaryl/α,β-unsaturated/α-hetero) is 1. The van der Waals surface area contributed by atoms with Crippen LogP contribution in [0.15, 0.2) is 83.0 Å². The van der Waals surface area contributed by atoms with Crippen molar-refractivity contribution < 1.29 is 29.0 Å². The van der Waals surface area contributed by atoms with Crippen LogP contribution in [0, 0.1) is 17.8 Å². The van der Waals surface area contributed by atoms with Gasteiger partial charge in [-0.1, -0.05) is 48.0 Å². The number of phenols is 1. The Morgan fingerprint density at radius 3 is 2.54 bits per heavy atom. The number of phenolic OH excluding ortho intramolecular Hbond substituents is 1. The smallest absolute Gasteiger partial charge is 0.231 e. The molecule has 37 heavy (non-hydrogen) atoms. The van der Waals surface area contributed by atoms with E-state index in [-0.39, 0.29) is 35.6 Å². The van der Waals surface area contributed by atoms with Crippen molar-refractivity contribution in [1.82, 2.24) is 5.32 Å². The number of ether oxygens (including phenoxy) is 1. The normalized spacial score (nSPS) is 26.6. The molecule has 0 radical (unpaired) electrons. The molecule has 2 aromatic rings. The van der Waals surface area contributed by atoms with E-state index in [0.29, 0.717) is 41.1 Å². The topological polar surface area (TPSA) is 110 Å². The molecule has 0 spiro atoms. The number of carbonyl (C=O) groups excluding carboxylic acids is 4. The summed E-state index contributed by atoms with van der Waals surface area (Å²) in [7, 11) is 0. The number of benzene rings is 2. The molecule has 4 unspecified atom stereocenters. The van der Waals surface area contributed by atoms with Crippen LogP contribution in [0.2, 0.25) is 0 Å². The number of fused-ring (bicyclic) bond motifs is 3. The molecule has 0 aromatic heterocycles. The van der Waals surface area contributed by atoms with E-state index in [2.05, 4.69) is 5.32 Å². The van der Waals surface area contributed by atoms with Gasteiger partial charge in [-0.2, -0.15) is 0 Å². The quantitative estimate of drug-likeness (QED) is 0.380. The highest BCUT2D eigenvalue weighted by atomic mass is 16.5. The van der Waals surface area contributed by atoms with Gasteiger partial charge in [0.1, 0.15) is 18.1 Å². The Balaban J connectivity index is 1.42. The van der Waals surface area contributed by atoms with Gasteiger partial charge in [0.25, 0.3) is 0 Å². The van der Waals surface area contributed by atoms with E-state index < -0.39 is 23.7 Å². The van der Waals surface area contributed by atoms with E-state index in [0.717, 1.165) is 11.1 Å². The zero-order valence-corrected chi connectivity index (χ0v) is 20.2. The fourth-order valence-electron chi connectivity index (χ4n) is 6.25. The minimum Gasteiger partial charge on any atom is -0.507 e. The van der Waals surface area contributed by atoms with Crippen LogP contribution in [0.3, 0.4) is 0 Å². The lowest BCUT2D eigenvalue weighted by Gasteiger charge is -2.42. The zero-order chi connectivity index (χ0) is 25.8. The second-order valence-corrected chi connectivity index (χ2v) is 10.1. The monoisotopic (exact) mass is 495 g/mol. The highest BCUT2D eigenvalue weighted by Crippen LogP contribution is 2.55. The Kier molecular flexibility index (Phi) is 5.44. The molecule has 4 atom stereocenters. The van der Waals surface area contributed by atoms with Gasteiger partial charge >= 0.3 is 0 Å². The predicted octanol–water partition coefficient (Wildman–Crippen LogP) is 3.69. The number of hydrogen-bond donors (Lipinski definition) is 2. The van der Waals surface area contributed by atoms with E-state index in [9.17, 15) is 24.3 Å². The first-order chi connectivity index (χ1) is 17.8. The molecule has 186 valence electrons. The van der Waals surface area contributed by atoms with Gasteiger partial charge in [0.05, 0.1) is 11.8 Å². The average molecular weight is 496 g/mol. The SMILES string of the molecule is CC1=CC(=O)C2=C(CC3C(=CCC4C(=O)NC(=O)C43)C2c2ccc(OCc3ccccc3)cc2O)C1=O. The van der Waals surface area contributed by atoms with Gasteiger partial charge in [0.15, 0.2) is 11.6 Å². The maximum Gasteiger partial charge on any atom is 0.231 e. The van der Waals surface area contributed by atoms with Gasteiger partial charge in [-0.15, -0.1) is 0 Å². The Bertz CT molecular complexity index is 1460. The number of nitrogens with one attached hydrogen (secondary N) is 1. The molecule has 6 rings (SSSR count). The van der Waals surface area contributed by atoms with Crippen LogP contribution in [0.1, 0.15) is 36.8 Å². The van der Waals surface area contributed by atoms with Gasteiger partial charge in [-0.25, -0.2) is 0 Å². The largest absolute Gasteiger partial charge is 0.507 e. The van der Waals surface area contributed by atoms with E-state index >= 15 is 0 Å². The van der Waals surface area contributed by atoms with E-state index in [4.69, 9.17) is 4.74 Å². The van der Waals surface area contributed by atoms with Gasteiger partial charge in [0.2, 0.25) is 11.8 Å². The van der Waals surface area contributed by atoms with Crippen molar-refractivity contribution in [3.63, 3.8) is 0 Å². The molecule has 7 nitrogen and oxygen atoms in total. The van der Waals surface area contributed by atoms with Gasteiger partial charge < -0.3 is 9.84 Å². The first-order valence-corrected chi connectivity index (χ1v) is 12.4. The van der Waals surface area contributed by atoms with Gasteiger partial charge in [0, 0.05) is 34.3 Å². The summed E-state index contributed by atoms with van der Waals surface area (Å²) < 4.78 is 5.86. The highest BCUT2D eigenvalue weighted by Gasteiger charge is 2.53. The third kappa shape index (κ3) is 3.73. The molecule has 1 fully saturated rings. The predicted molar refractivity (Wildman–Crippen MR) is 133 cm³/mol. The zero-order valence-electron chi connectivity index (χ0n) is 20.2. The molecule has 1 heterocycles. The third-order valence-corrected chi connectivity index (χ3v) is 7.97. The molecule has 4 aliphatic rings. The summed E-state index contributed by atoms with van der Waals surface area (Å²) in [6.45, 7) is 1.94. The van der Waals surface area contributed by atoms with Crippen LogP contribution < -0.4 is 10.1 Å². The summed E-state index contributed by atoms with van der Waals surface area (Å²) in [6, 6.07) is 14.6. The van der Waals surface area contributed by atoms with Crippen LogP contribution in [-0.4, -0.2) is 28.5 Å². The fraction of sp³-hybridized carbons (Fsp3) is 0.267. The number of amides is 2. The Hall–Kier alpha value is -4.26. The molecular weight excluding hydrogens is 470 g/mol. The number of carbonyl (C=O) groups is 4. The van der Waals surface area contributed by atoms with Gasteiger partial charge in [-0.05, 0) is 43.4 Å². The lowest BCUT2D eigenvalue weighted by atomic mass is 9.59. The minimum atomic E-state index is -0.692. The molecule has 0 bridgehead atoms. The molecule has 3 aliphatic carbocycles. The van der Waals surface area contributed by atoms with E-state index in [1.165, 1.54) is 12.1 Å². The minimum absolute atomic E-state index is 0.0652. The van der Waals surface area contributed by atoms with Crippen LogP contribution >= 0.6 is 0 Å². The first kappa shape index (κ1) is 23.2. The number of aromatic hydroxyl groups is 1. The molecule has 0 saturated carbocycles. The molecule has 7 heteroatoms. The first-order valence-electron chi connectivity index (χ1n) is 12.4. The number of hydrogen-bond acceptors (Lipinski definition) is 6. The lowest BCUT2D eigenvalue weighted by molar-refractivity contribution is -0.126. The van der Waals surface area contributed by atoms with Crippen LogP contribution in [0.5, 0.6) is 11.5 Å². The molecule has 1 aliphatic heterocycles. The maximum absolute atomic E-state index is 13.3. The lowest BCUT2D eigenvalue weighted by Crippen LogP contribution is -2.39. The molecule has 2 aromatic carbocycles. The Morgan fingerprint density at radius 1 is 1.00 bits per heavy atom. The van der Waals surface area contributed by atoms with Crippen molar-refractivity contribution in [1.29, 1.82) is 0 Å². The average Bonchev–Trinajstić information content (AvgIpc) is 3.19. The van der Waals surface area contributed by atoms with Crippen LogP contribution in [-0.2, 0) is 25.8 Å². The maximum atomic E-state index is 13.3. The van der Waals surface area contributed by atoms with Crippen molar-refractivity contribution in [3.8, 4) is 11.5 Å². The number of allylic oxidation sites excluding steroid dienone is 6. The number of imide groups is 1. The second kappa shape index (κ2) is 8.69. The number of ketones is 2. The standard InChI is InChI=1S/C30H25NO6/c1-15-11-24(33)27-22(28(15)34)13-21-18(9-10-20-26(21)30(36)31-29(20)35)25(27)19-8-7-17(12-23(19)32)37-14-16-5-3-2-4-6-16/h2-9,11-12,20-21,25-26,32H,10,13-14H2,1H3,(H,31,35,36). The van der Waals surface area contributed by atoms with E-state index in [1.807, 2.05) is 36.4 Å².